The number of rotatable bonds is 6. The lowest BCUT2D eigenvalue weighted by atomic mass is 10.1. The van der Waals surface area contributed by atoms with Crippen LogP contribution in [0.5, 0.6) is 0 Å². The molecule has 6 heteroatoms. The van der Waals surface area contributed by atoms with Gasteiger partial charge in [-0.1, -0.05) is 6.92 Å². The number of amides is 2. The molecule has 16 heavy (non-hydrogen) atoms. The molecule has 3 N–H and O–H groups in total. The van der Waals surface area contributed by atoms with Crippen LogP contribution < -0.4 is 5.32 Å². The van der Waals surface area contributed by atoms with E-state index < -0.39 is 5.97 Å². The van der Waals surface area contributed by atoms with E-state index in [1.807, 2.05) is 6.92 Å². The van der Waals surface area contributed by atoms with E-state index >= 15 is 0 Å². The SMILES string of the molecule is CCC(CC(=O)O)NC(=O)N(C)C(C)CO. The molecule has 2 amide bonds. The van der Waals surface area contributed by atoms with Crippen molar-refractivity contribution in [1.82, 2.24) is 10.2 Å². The molecule has 0 aromatic rings. The van der Waals surface area contributed by atoms with Gasteiger partial charge in [0.25, 0.3) is 0 Å². The van der Waals surface area contributed by atoms with Gasteiger partial charge in [0.05, 0.1) is 19.1 Å². The first-order chi connectivity index (χ1) is 7.42. The van der Waals surface area contributed by atoms with Crippen molar-refractivity contribution in [2.75, 3.05) is 13.7 Å². The van der Waals surface area contributed by atoms with E-state index in [2.05, 4.69) is 5.32 Å². The number of urea groups is 1. The summed E-state index contributed by atoms with van der Waals surface area (Å²) in [6.07, 6.45) is 0.461. The molecule has 0 saturated heterocycles. The summed E-state index contributed by atoms with van der Waals surface area (Å²) >= 11 is 0. The number of hydrogen-bond donors (Lipinski definition) is 3. The van der Waals surface area contributed by atoms with Crippen molar-refractivity contribution in [2.45, 2.75) is 38.8 Å². The number of likely N-dealkylation sites (N-methyl/N-ethyl adjacent to an activating group) is 1. The zero-order valence-corrected chi connectivity index (χ0v) is 9.93. The molecular weight excluding hydrogens is 212 g/mol. The molecule has 0 bridgehead atoms. The monoisotopic (exact) mass is 232 g/mol. The van der Waals surface area contributed by atoms with Crippen LogP contribution >= 0.6 is 0 Å². The standard InChI is InChI=1S/C10H20N2O4/c1-4-8(5-9(14)15)11-10(16)12(3)7(2)6-13/h7-8,13H,4-6H2,1-3H3,(H,11,16)(H,14,15). The fourth-order valence-electron chi connectivity index (χ4n) is 1.11. The fraction of sp³-hybridized carbons (Fsp3) is 0.800. The van der Waals surface area contributed by atoms with Gasteiger partial charge in [-0.25, -0.2) is 4.79 Å². The molecular formula is C10H20N2O4. The zero-order chi connectivity index (χ0) is 12.7. The van der Waals surface area contributed by atoms with Crippen LogP contribution in [0.15, 0.2) is 0 Å². The third kappa shape index (κ3) is 4.97. The van der Waals surface area contributed by atoms with Gasteiger partial charge in [-0.2, -0.15) is 0 Å². The molecule has 0 rings (SSSR count). The molecule has 0 radical (unpaired) electrons. The third-order valence-electron chi connectivity index (χ3n) is 2.49. The van der Waals surface area contributed by atoms with Crippen LogP contribution in [0.1, 0.15) is 26.7 Å². The number of aliphatic carboxylic acids is 1. The minimum absolute atomic E-state index is 0.0937. The Labute approximate surface area is 95.2 Å². The molecule has 0 aliphatic heterocycles. The Hall–Kier alpha value is -1.30. The largest absolute Gasteiger partial charge is 0.481 e. The van der Waals surface area contributed by atoms with E-state index in [1.54, 1.807) is 14.0 Å². The van der Waals surface area contributed by atoms with Crippen LogP contribution in [0.2, 0.25) is 0 Å². The maximum Gasteiger partial charge on any atom is 0.317 e. The normalized spacial score (nSPS) is 14.0. The van der Waals surface area contributed by atoms with Gasteiger partial charge in [0.15, 0.2) is 0 Å². The second kappa shape index (κ2) is 7.05. The average molecular weight is 232 g/mol. The van der Waals surface area contributed by atoms with Gasteiger partial charge in [0.1, 0.15) is 0 Å². The summed E-state index contributed by atoms with van der Waals surface area (Å²) in [5.41, 5.74) is 0. The van der Waals surface area contributed by atoms with Gasteiger partial charge >= 0.3 is 12.0 Å². The molecule has 0 aliphatic carbocycles. The molecule has 0 saturated carbocycles. The Balaban J connectivity index is 4.24. The van der Waals surface area contributed by atoms with E-state index in [9.17, 15) is 9.59 Å². The number of carbonyl (C=O) groups is 2. The number of aliphatic hydroxyl groups is 1. The topological polar surface area (TPSA) is 89.9 Å². The van der Waals surface area contributed by atoms with Crippen molar-refractivity contribution in [3.05, 3.63) is 0 Å². The van der Waals surface area contributed by atoms with Crippen LogP contribution in [0, 0.1) is 0 Å². The number of nitrogens with one attached hydrogen (secondary N) is 1. The summed E-state index contributed by atoms with van der Waals surface area (Å²) in [6, 6.07) is -1.03. The van der Waals surface area contributed by atoms with E-state index in [4.69, 9.17) is 10.2 Å². The first-order valence-electron chi connectivity index (χ1n) is 5.28. The van der Waals surface area contributed by atoms with Crippen molar-refractivity contribution in [2.24, 2.45) is 0 Å². The summed E-state index contributed by atoms with van der Waals surface area (Å²) in [5, 5.41) is 20.1. The van der Waals surface area contributed by atoms with Crippen LogP contribution in [0.3, 0.4) is 0 Å². The first kappa shape index (κ1) is 14.7. The molecule has 2 unspecified atom stereocenters. The van der Waals surface area contributed by atoms with Gasteiger partial charge in [-0.15, -0.1) is 0 Å². The molecule has 0 heterocycles. The summed E-state index contributed by atoms with van der Waals surface area (Å²) in [4.78, 5) is 23.5. The minimum atomic E-state index is -0.940. The van der Waals surface area contributed by atoms with Crippen LogP contribution in [-0.4, -0.2) is 52.9 Å². The summed E-state index contributed by atoms with van der Waals surface area (Å²) in [7, 11) is 1.56. The maximum absolute atomic E-state index is 11.6. The Morgan fingerprint density at radius 1 is 1.44 bits per heavy atom. The molecule has 6 nitrogen and oxygen atoms in total. The maximum atomic E-state index is 11.6. The van der Waals surface area contributed by atoms with Crippen molar-refractivity contribution in [3.8, 4) is 0 Å². The average Bonchev–Trinajstić information content (AvgIpc) is 2.25. The first-order valence-corrected chi connectivity index (χ1v) is 5.28. The van der Waals surface area contributed by atoms with Crippen LogP contribution in [0.25, 0.3) is 0 Å². The number of nitrogens with zero attached hydrogens (tertiary/aromatic N) is 1. The molecule has 0 aliphatic rings. The molecule has 2 atom stereocenters. The molecule has 0 fully saturated rings. The zero-order valence-electron chi connectivity index (χ0n) is 9.93. The van der Waals surface area contributed by atoms with E-state index in [-0.39, 0.29) is 31.1 Å². The van der Waals surface area contributed by atoms with E-state index in [0.29, 0.717) is 6.42 Å². The van der Waals surface area contributed by atoms with Gasteiger partial charge in [-0.05, 0) is 13.3 Å². The van der Waals surface area contributed by atoms with Crippen LogP contribution in [-0.2, 0) is 4.79 Å². The predicted octanol–water partition coefficient (Wildman–Crippen LogP) is 0.262. The minimum Gasteiger partial charge on any atom is -0.481 e. The van der Waals surface area contributed by atoms with Crippen LogP contribution in [0.4, 0.5) is 4.79 Å². The third-order valence-corrected chi connectivity index (χ3v) is 2.49. The lowest BCUT2D eigenvalue weighted by molar-refractivity contribution is -0.137. The number of carbonyl (C=O) groups excluding carboxylic acids is 1. The lowest BCUT2D eigenvalue weighted by Crippen LogP contribution is -2.47. The Morgan fingerprint density at radius 3 is 2.38 bits per heavy atom. The lowest BCUT2D eigenvalue weighted by Gasteiger charge is -2.26. The van der Waals surface area contributed by atoms with E-state index in [0.717, 1.165) is 0 Å². The summed E-state index contributed by atoms with van der Waals surface area (Å²) in [6.45, 7) is 3.39. The molecule has 0 aromatic carbocycles. The highest BCUT2D eigenvalue weighted by molar-refractivity contribution is 5.75. The highest BCUT2D eigenvalue weighted by Gasteiger charge is 2.19. The predicted molar refractivity (Wildman–Crippen MR) is 59.2 cm³/mol. The second-order valence-corrected chi connectivity index (χ2v) is 3.80. The summed E-state index contributed by atoms with van der Waals surface area (Å²) in [5.74, 6) is -0.940. The quantitative estimate of drug-likeness (QED) is 0.613. The van der Waals surface area contributed by atoms with Crippen molar-refractivity contribution in [1.29, 1.82) is 0 Å². The highest BCUT2D eigenvalue weighted by atomic mass is 16.4. The van der Waals surface area contributed by atoms with Gasteiger partial charge in [-0.3, -0.25) is 4.79 Å². The van der Waals surface area contributed by atoms with Crippen molar-refractivity contribution < 1.29 is 19.8 Å². The Morgan fingerprint density at radius 2 is 2.00 bits per heavy atom. The Bertz CT molecular complexity index is 245. The molecule has 0 aromatic heterocycles. The van der Waals surface area contributed by atoms with E-state index in [1.165, 1.54) is 4.90 Å². The van der Waals surface area contributed by atoms with Crippen molar-refractivity contribution >= 4 is 12.0 Å². The van der Waals surface area contributed by atoms with Gasteiger partial charge in [0.2, 0.25) is 0 Å². The molecule has 0 spiro atoms. The number of carboxylic acid groups (broad SMARTS) is 1. The smallest absolute Gasteiger partial charge is 0.317 e. The summed E-state index contributed by atoms with van der Waals surface area (Å²) < 4.78 is 0. The fourth-order valence-corrected chi connectivity index (χ4v) is 1.11. The number of aliphatic hydroxyl groups excluding tert-OH is 1. The van der Waals surface area contributed by atoms with Crippen molar-refractivity contribution in [3.63, 3.8) is 0 Å². The highest BCUT2D eigenvalue weighted by Crippen LogP contribution is 2.01. The number of hydrogen-bond acceptors (Lipinski definition) is 3. The number of carboxylic acids is 1. The van der Waals surface area contributed by atoms with Gasteiger partial charge in [0, 0.05) is 13.1 Å². The Kier molecular flexibility index (Phi) is 6.48. The second-order valence-electron chi connectivity index (χ2n) is 3.80. The van der Waals surface area contributed by atoms with Gasteiger partial charge < -0.3 is 20.4 Å². The molecule has 94 valence electrons.